The lowest BCUT2D eigenvalue weighted by molar-refractivity contribution is -0.385. The first kappa shape index (κ1) is 15.1. The molecule has 8 heteroatoms. The molecule has 0 radical (unpaired) electrons. The molecule has 0 fully saturated rings. The minimum absolute atomic E-state index is 0.127. The Morgan fingerprint density at radius 3 is 2.63 bits per heavy atom. The topological polar surface area (TPSA) is 110 Å². The molecule has 19 heavy (non-hydrogen) atoms. The molecule has 104 valence electrons. The smallest absolute Gasteiger partial charge is 0.326 e. The SMILES string of the molecule is CCCC(NC(=O)c1cc([N+](=O)[O-])c(C)s1)C(=O)O. The van der Waals surface area contributed by atoms with E-state index in [9.17, 15) is 19.7 Å². The van der Waals surface area contributed by atoms with Gasteiger partial charge >= 0.3 is 5.97 Å². The molecule has 1 unspecified atom stereocenters. The molecule has 1 rings (SSSR count). The maximum atomic E-state index is 11.8. The second kappa shape index (κ2) is 6.28. The van der Waals surface area contributed by atoms with Gasteiger partial charge in [0.05, 0.1) is 14.7 Å². The zero-order valence-electron chi connectivity index (χ0n) is 10.5. The fraction of sp³-hybridized carbons (Fsp3) is 0.455. The van der Waals surface area contributed by atoms with E-state index in [1.807, 2.05) is 6.92 Å². The minimum Gasteiger partial charge on any atom is -0.480 e. The standard InChI is InChI=1S/C11H14N2O5S/c1-3-4-7(11(15)16)12-10(14)9-5-8(13(17)18)6(2)19-9/h5,7H,3-4H2,1-2H3,(H,12,14)(H,15,16). The predicted octanol–water partition coefficient (Wildman–Crippen LogP) is 1.95. The van der Waals surface area contributed by atoms with Crippen molar-refractivity contribution in [3.05, 3.63) is 25.9 Å². The number of aryl methyl sites for hydroxylation is 1. The fourth-order valence-electron chi connectivity index (χ4n) is 1.54. The van der Waals surface area contributed by atoms with Crippen molar-refractivity contribution in [3.63, 3.8) is 0 Å². The van der Waals surface area contributed by atoms with E-state index >= 15 is 0 Å². The summed E-state index contributed by atoms with van der Waals surface area (Å²) in [6, 6.07) is 0.194. The van der Waals surface area contributed by atoms with Crippen molar-refractivity contribution in [1.82, 2.24) is 5.32 Å². The third-order valence-electron chi connectivity index (χ3n) is 2.49. The Morgan fingerprint density at radius 1 is 1.58 bits per heavy atom. The molecule has 1 heterocycles. The molecule has 0 saturated heterocycles. The second-order valence-electron chi connectivity index (χ2n) is 3.96. The third kappa shape index (κ3) is 3.75. The summed E-state index contributed by atoms with van der Waals surface area (Å²) < 4.78 is 0. The van der Waals surface area contributed by atoms with Crippen LogP contribution in [0.4, 0.5) is 5.69 Å². The van der Waals surface area contributed by atoms with Gasteiger partial charge in [0.1, 0.15) is 6.04 Å². The highest BCUT2D eigenvalue weighted by Gasteiger charge is 2.23. The molecule has 1 amide bonds. The number of rotatable bonds is 6. The van der Waals surface area contributed by atoms with Gasteiger partial charge in [-0.3, -0.25) is 14.9 Å². The molecule has 0 saturated carbocycles. The molecule has 7 nitrogen and oxygen atoms in total. The quantitative estimate of drug-likeness (QED) is 0.613. The van der Waals surface area contributed by atoms with E-state index in [1.165, 1.54) is 6.07 Å². The van der Waals surface area contributed by atoms with Gasteiger partial charge in [-0.25, -0.2) is 4.79 Å². The van der Waals surface area contributed by atoms with Gasteiger partial charge in [0.2, 0.25) is 0 Å². The second-order valence-corrected chi connectivity index (χ2v) is 5.22. The number of carboxylic acid groups (broad SMARTS) is 1. The Kier molecular flexibility index (Phi) is 4.99. The summed E-state index contributed by atoms with van der Waals surface area (Å²) in [7, 11) is 0. The number of carbonyl (C=O) groups excluding carboxylic acids is 1. The number of carbonyl (C=O) groups is 2. The van der Waals surface area contributed by atoms with Crippen molar-refractivity contribution in [2.75, 3.05) is 0 Å². The number of nitrogens with zero attached hydrogens (tertiary/aromatic N) is 1. The Labute approximate surface area is 113 Å². The molecule has 0 bridgehead atoms. The molecule has 0 spiro atoms. The lowest BCUT2D eigenvalue weighted by Gasteiger charge is -2.12. The molecule has 1 aromatic rings. The van der Waals surface area contributed by atoms with E-state index in [-0.39, 0.29) is 10.6 Å². The summed E-state index contributed by atoms with van der Waals surface area (Å²) in [5, 5.41) is 22.0. The van der Waals surface area contributed by atoms with Crippen LogP contribution in [0, 0.1) is 17.0 Å². The van der Waals surface area contributed by atoms with Crippen LogP contribution >= 0.6 is 11.3 Å². The molecule has 0 aliphatic rings. The number of amides is 1. The Balaban J connectivity index is 2.85. The van der Waals surface area contributed by atoms with Crippen molar-refractivity contribution in [2.24, 2.45) is 0 Å². The van der Waals surface area contributed by atoms with Crippen LogP contribution in [-0.2, 0) is 4.79 Å². The average molecular weight is 286 g/mol. The van der Waals surface area contributed by atoms with Crippen LogP contribution in [0.2, 0.25) is 0 Å². The van der Waals surface area contributed by atoms with Gasteiger partial charge in [-0.05, 0) is 13.3 Å². The first-order valence-electron chi connectivity index (χ1n) is 5.65. The van der Waals surface area contributed by atoms with Crippen molar-refractivity contribution in [3.8, 4) is 0 Å². The van der Waals surface area contributed by atoms with Crippen LogP contribution in [0.15, 0.2) is 6.07 Å². The number of hydrogen-bond acceptors (Lipinski definition) is 5. The molecule has 1 aromatic heterocycles. The zero-order valence-corrected chi connectivity index (χ0v) is 11.3. The van der Waals surface area contributed by atoms with Crippen LogP contribution in [-0.4, -0.2) is 27.9 Å². The molecule has 1 atom stereocenters. The van der Waals surface area contributed by atoms with Crippen molar-refractivity contribution in [1.29, 1.82) is 0 Å². The monoisotopic (exact) mass is 286 g/mol. The number of nitrogens with one attached hydrogen (secondary N) is 1. The fourth-order valence-corrected chi connectivity index (χ4v) is 2.43. The zero-order chi connectivity index (χ0) is 14.6. The minimum atomic E-state index is -1.11. The van der Waals surface area contributed by atoms with Crippen molar-refractivity contribution >= 4 is 28.9 Å². The maximum absolute atomic E-state index is 11.8. The van der Waals surface area contributed by atoms with Gasteiger partial charge in [0, 0.05) is 6.07 Å². The van der Waals surface area contributed by atoms with Gasteiger partial charge in [0.15, 0.2) is 0 Å². The highest BCUT2D eigenvalue weighted by atomic mass is 32.1. The van der Waals surface area contributed by atoms with Gasteiger partial charge < -0.3 is 10.4 Å². The number of thiophene rings is 1. The molecule has 0 aromatic carbocycles. The van der Waals surface area contributed by atoms with Gasteiger partial charge in [0.25, 0.3) is 11.6 Å². The number of aliphatic carboxylic acids is 1. The van der Waals surface area contributed by atoms with E-state index in [1.54, 1.807) is 6.92 Å². The normalized spacial score (nSPS) is 11.9. The summed E-state index contributed by atoms with van der Waals surface area (Å²) in [5.41, 5.74) is -0.127. The molecular formula is C11H14N2O5S. The molecule has 0 aliphatic heterocycles. The van der Waals surface area contributed by atoms with E-state index < -0.39 is 22.8 Å². The number of carboxylic acids is 1. The van der Waals surface area contributed by atoms with Crippen LogP contribution in [0.3, 0.4) is 0 Å². The highest BCUT2D eigenvalue weighted by molar-refractivity contribution is 7.14. The molecule has 0 aliphatic carbocycles. The summed E-state index contributed by atoms with van der Waals surface area (Å²) in [4.78, 5) is 33.4. The number of hydrogen-bond donors (Lipinski definition) is 2. The van der Waals surface area contributed by atoms with Crippen LogP contribution < -0.4 is 5.32 Å². The van der Waals surface area contributed by atoms with Crippen LogP contribution in [0.1, 0.15) is 34.3 Å². The van der Waals surface area contributed by atoms with E-state index in [0.29, 0.717) is 17.7 Å². The first-order chi connectivity index (χ1) is 8.86. The first-order valence-corrected chi connectivity index (χ1v) is 6.47. The lowest BCUT2D eigenvalue weighted by atomic mass is 10.1. The third-order valence-corrected chi connectivity index (χ3v) is 3.53. The maximum Gasteiger partial charge on any atom is 0.326 e. The van der Waals surface area contributed by atoms with E-state index in [2.05, 4.69) is 5.32 Å². The van der Waals surface area contributed by atoms with Crippen LogP contribution in [0.5, 0.6) is 0 Å². The van der Waals surface area contributed by atoms with Crippen LogP contribution in [0.25, 0.3) is 0 Å². The summed E-state index contributed by atoms with van der Waals surface area (Å²) in [6.45, 7) is 3.35. The van der Waals surface area contributed by atoms with Gasteiger partial charge in [-0.1, -0.05) is 13.3 Å². The summed E-state index contributed by atoms with van der Waals surface area (Å²) in [6.07, 6.45) is 0.925. The van der Waals surface area contributed by atoms with E-state index in [4.69, 9.17) is 5.11 Å². The lowest BCUT2D eigenvalue weighted by Crippen LogP contribution is -2.40. The van der Waals surface area contributed by atoms with Gasteiger partial charge in [-0.15, -0.1) is 11.3 Å². The number of nitro groups is 1. The van der Waals surface area contributed by atoms with Gasteiger partial charge in [-0.2, -0.15) is 0 Å². The Hall–Kier alpha value is -1.96. The Morgan fingerprint density at radius 2 is 2.21 bits per heavy atom. The Bertz CT molecular complexity index is 511. The molecular weight excluding hydrogens is 272 g/mol. The van der Waals surface area contributed by atoms with E-state index in [0.717, 1.165) is 11.3 Å². The largest absolute Gasteiger partial charge is 0.480 e. The summed E-state index contributed by atoms with van der Waals surface area (Å²) in [5.74, 6) is -1.71. The summed E-state index contributed by atoms with van der Waals surface area (Å²) >= 11 is 0.976. The highest BCUT2D eigenvalue weighted by Crippen LogP contribution is 2.28. The molecule has 2 N–H and O–H groups in total. The van der Waals surface area contributed by atoms with Crippen molar-refractivity contribution < 1.29 is 19.6 Å². The predicted molar refractivity (Wildman–Crippen MR) is 69.5 cm³/mol. The average Bonchev–Trinajstić information content (AvgIpc) is 2.70. The van der Waals surface area contributed by atoms with Crippen molar-refractivity contribution in [2.45, 2.75) is 32.7 Å².